The maximum atomic E-state index is 6.41. The molecule has 0 heterocycles. The number of fused-ring (bicyclic) bond motifs is 1. The molecular weight excluding hydrogens is 461 g/mol. The van der Waals surface area contributed by atoms with E-state index in [1.165, 1.54) is 54.9 Å². The Bertz CT molecular complexity index is 1170. The molecule has 0 amide bonds. The summed E-state index contributed by atoms with van der Waals surface area (Å²) in [5.41, 5.74) is 2.66. The molecule has 3 aromatic carbocycles. The van der Waals surface area contributed by atoms with Crippen molar-refractivity contribution in [2.45, 2.75) is 64.6 Å². The summed E-state index contributed by atoms with van der Waals surface area (Å²) in [4.78, 5) is 0. The number of hydrogen-bond acceptors (Lipinski definition) is 2. The van der Waals surface area contributed by atoms with Crippen LogP contribution in [-0.2, 0) is 13.2 Å². The lowest BCUT2D eigenvalue weighted by atomic mass is 9.48. The zero-order valence-electron chi connectivity index (χ0n) is 19.8. The highest BCUT2D eigenvalue weighted by Gasteiger charge is 2.52. The van der Waals surface area contributed by atoms with E-state index in [0.29, 0.717) is 28.1 Å². The fourth-order valence-electron chi connectivity index (χ4n) is 7.61. The first kappa shape index (κ1) is 22.7. The van der Waals surface area contributed by atoms with E-state index in [9.17, 15) is 0 Å². The fourth-order valence-corrected chi connectivity index (χ4v) is 8.07. The van der Waals surface area contributed by atoms with E-state index in [2.05, 4.69) is 48.6 Å². The summed E-state index contributed by atoms with van der Waals surface area (Å²) in [6, 6.07) is 19.0. The van der Waals surface area contributed by atoms with Crippen molar-refractivity contribution in [2.75, 3.05) is 0 Å². The molecule has 4 fully saturated rings. The van der Waals surface area contributed by atoms with Gasteiger partial charge in [0, 0.05) is 33.8 Å². The van der Waals surface area contributed by atoms with E-state index in [4.69, 9.17) is 27.9 Å². The van der Waals surface area contributed by atoms with Gasteiger partial charge in [-0.05, 0) is 97.6 Å². The van der Waals surface area contributed by atoms with Crippen molar-refractivity contribution in [1.29, 1.82) is 0 Å². The first-order valence-corrected chi connectivity index (χ1v) is 13.6. The summed E-state index contributed by atoms with van der Waals surface area (Å²) in [5, 5.41) is 7.77. The zero-order chi connectivity index (χ0) is 23.3. The SMILES string of the molecule is CC(NCc1c(OCc2ccc(Cl)cc2Cl)ccc2ccccc12)C12CC3CC(CC(C3)C1)C2. The van der Waals surface area contributed by atoms with E-state index in [0.717, 1.165) is 35.6 Å². The third kappa shape index (κ3) is 4.23. The predicted octanol–water partition coefficient (Wildman–Crippen LogP) is 8.42. The number of nitrogens with one attached hydrogen (secondary N) is 1. The second-order valence-corrected chi connectivity index (χ2v) is 12.0. The zero-order valence-corrected chi connectivity index (χ0v) is 21.3. The maximum Gasteiger partial charge on any atom is 0.124 e. The highest BCUT2D eigenvalue weighted by atomic mass is 35.5. The minimum absolute atomic E-state index is 0.422. The highest BCUT2D eigenvalue weighted by Crippen LogP contribution is 2.61. The van der Waals surface area contributed by atoms with Gasteiger partial charge in [-0.15, -0.1) is 0 Å². The van der Waals surface area contributed by atoms with Crippen LogP contribution in [0.4, 0.5) is 0 Å². The van der Waals surface area contributed by atoms with Crippen molar-refractivity contribution in [2.24, 2.45) is 23.2 Å². The Hall–Kier alpha value is -1.74. The van der Waals surface area contributed by atoms with Gasteiger partial charge in [-0.2, -0.15) is 0 Å². The van der Waals surface area contributed by atoms with Crippen molar-refractivity contribution in [1.82, 2.24) is 5.32 Å². The number of benzene rings is 3. The van der Waals surface area contributed by atoms with Gasteiger partial charge in [0.2, 0.25) is 0 Å². The Morgan fingerprint density at radius 1 is 0.941 bits per heavy atom. The molecule has 4 bridgehead atoms. The van der Waals surface area contributed by atoms with Crippen molar-refractivity contribution < 1.29 is 4.74 Å². The Balaban J connectivity index is 1.24. The molecule has 1 unspecified atom stereocenters. The summed E-state index contributed by atoms with van der Waals surface area (Å²) < 4.78 is 6.37. The summed E-state index contributed by atoms with van der Waals surface area (Å²) in [5.74, 6) is 3.83. The van der Waals surface area contributed by atoms with Crippen LogP contribution in [0.25, 0.3) is 10.8 Å². The standard InChI is InChI=1S/C30H33Cl2NO/c1-19(30-14-20-10-21(15-30)12-22(11-20)16-30)33-17-27-26-5-3-2-4-23(26)7-9-29(27)34-18-24-6-8-25(31)13-28(24)32/h2-9,13,19-22,33H,10-12,14-18H2,1H3. The van der Waals surface area contributed by atoms with Gasteiger partial charge < -0.3 is 10.1 Å². The first-order valence-electron chi connectivity index (χ1n) is 12.8. The first-order chi connectivity index (χ1) is 16.5. The Morgan fingerprint density at radius 2 is 1.65 bits per heavy atom. The average molecular weight is 495 g/mol. The van der Waals surface area contributed by atoms with Crippen molar-refractivity contribution in [3.05, 3.63) is 75.8 Å². The molecule has 4 heteroatoms. The molecule has 0 spiro atoms. The molecule has 0 aromatic heterocycles. The molecule has 4 saturated carbocycles. The predicted molar refractivity (Wildman–Crippen MR) is 142 cm³/mol. The Morgan fingerprint density at radius 3 is 2.35 bits per heavy atom. The monoisotopic (exact) mass is 493 g/mol. The minimum atomic E-state index is 0.422. The van der Waals surface area contributed by atoms with Gasteiger partial charge in [-0.3, -0.25) is 0 Å². The summed E-state index contributed by atoms with van der Waals surface area (Å²) >= 11 is 12.5. The molecule has 1 N–H and O–H groups in total. The summed E-state index contributed by atoms with van der Waals surface area (Å²) in [6.07, 6.45) is 8.71. The van der Waals surface area contributed by atoms with Gasteiger partial charge in [-0.1, -0.05) is 59.6 Å². The van der Waals surface area contributed by atoms with Crippen LogP contribution >= 0.6 is 23.2 Å². The third-order valence-electron chi connectivity index (χ3n) is 8.99. The molecule has 0 radical (unpaired) electrons. The highest BCUT2D eigenvalue weighted by molar-refractivity contribution is 6.35. The molecule has 7 rings (SSSR count). The van der Waals surface area contributed by atoms with E-state index in [1.807, 2.05) is 12.1 Å². The normalized spacial score (nSPS) is 28.4. The quantitative estimate of drug-likeness (QED) is 0.356. The van der Waals surface area contributed by atoms with Gasteiger partial charge in [0.15, 0.2) is 0 Å². The van der Waals surface area contributed by atoms with Crippen molar-refractivity contribution in [3.8, 4) is 5.75 Å². The van der Waals surface area contributed by atoms with E-state index in [-0.39, 0.29) is 0 Å². The minimum Gasteiger partial charge on any atom is -0.488 e. The van der Waals surface area contributed by atoms with Gasteiger partial charge >= 0.3 is 0 Å². The lowest BCUT2D eigenvalue weighted by molar-refractivity contribution is -0.0706. The van der Waals surface area contributed by atoms with Gasteiger partial charge in [0.05, 0.1) is 0 Å². The number of ether oxygens (including phenoxy) is 1. The molecule has 0 saturated heterocycles. The van der Waals surface area contributed by atoms with Crippen LogP contribution in [-0.4, -0.2) is 6.04 Å². The lowest BCUT2D eigenvalue weighted by Crippen LogP contribution is -2.54. The largest absolute Gasteiger partial charge is 0.488 e. The van der Waals surface area contributed by atoms with E-state index >= 15 is 0 Å². The number of halogens is 2. The Kier molecular flexibility index (Phi) is 6.04. The van der Waals surface area contributed by atoms with Crippen LogP contribution in [0.1, 0.15) is 56.6 Å². The number of rotatable bonds is 7. The van der Waals surface area contributed by atoms with Crippen LogP contribution in [0.15, 0.2) is 54.6 Å². The summed E-state index contributed by atoms with van der Waals surface area (Å²) in [6.45, 7) is 3.67. The topological polar surface area (TPSA) is 21.3 Å². The molecule has 4 aliphatic carbocycles. The number of hydrogen-bond donors (Lipinski definition) is 1. The van der Waals surface area contributed by atoms with Crippen molar-refractivity contribution >= 4 is 34.0 Å². The summed E-state index contributed by atoms with van der Waals surface area (Å²) in [7, 11) is 0. The van der Waals surface area contributed by atoms with Crippen LogP contribution in [0.2, 0.25) is 10.0 Å². The van der Waals surface area contributed by atoms with Crippen LogP contribution in [0, 0.1) is 23.2 Å². The van der Waals surface area contributed by atoms with Gasteiger partial charge in [0.25, 0.3) is 0 Å². The van der Waals surface area contributed by atoms with E-state index < -0.39 is 0 Å². The van der Waals surface area contributed by atoms with Crippen molar-refractivity contribution in [3.63, 3.8) is 0 Å². The molecule has 3 aromatic rings. The molecule has 34 heavy (non-hydrogen) atoms. The van der Waals surface area contributed by atoms with Crippen LogP contribution < -0.4 is 10.1 Å². The molecular formula is C30H33Cl2NO. The van der Waals surface area contributed by atoms with Gasteiger partial charge in [0.1, 0.15) is 12.4 Å². The fraction of sp³-hybridized carbons (Fsp3) is 0.467. The second-order valence-electron chi connectivity index (χ2n) is 11.2. The third-order valence-corrected chi connectivity index (χ3v) is 9.57. The van der Waals surface area contributed by atoms with Gasteiger partial charge in [-0.25, -0.2) is 0 Å². The lowest BCUT2D eigenvalue weighted by Gasteiger charge is -2.59. The van der Waals surface area contributed by atoms with Crippen LogP contribution in [0.3, 0.4) is 0 Å². The smallest absolute Gasteiger partial charge is 0.124 e. The second kappa shape index (κ2) is 9.04. The molecule has 2 nitrogen and oxygen atoms in total. The van der Waals surface area contributed by atoms with Crippen LogP contribution in [0.5, 0.6) is 5.75 Å². The molecule has 1 atom stereocenters. The molecule has 178 valence electrons. The Labute approximate surface area is 213 Å². The molecule has 0 aliphatic heterocycles. The molecule has 4 aliphatic rings. The average Bonchev–Trinajstić information content (AvgIpc) is 2.81. The maximum absolute atomic E-state index is 6.41. The van der Waals surface area contributed by atoms with E-state index in [1.54, 1.807) is 6.07 Å².